The quantitative estimate of drug-likeness (QED) is 0.898. The van der Waals surface area contributed by atoms with Crippen molar-refractivity contribution in [1.82, 2.24) is 20.1 Å². The average molecular weight is 262 g/mol. The zero-order chi connectivity index (χ0) is 13.0. The van der Waals surface area contributed by atoms with E-state index < -0.39 is 0 Å². The van der Waals surface area contributed by atoms with E-state index in [1.807, 2.05) is 36.3 Å². The largest absolute Gasteiger partial charge is 0.313 e. The molecule has 2 aromatic heterocycles. The second-order valence-electron chi connectivity index (χ2n) is 4.06. The van der Waals surface area contributed by atoms with E-state index in [1.54, 1.807) is 11.8 Å². The Morgan fingerprint density at radius 3 is 2.72 bits per heavy atom. The van der Waals surface area contributed by atoms with Gasteiger partial charge < -0.3 is 5.32 Å². The first-order valence-corrected chi connectivity index (χ1v) is 6.85. The Morgan fingerprint density at radius 1 is 1.33 bits per heavy atom. The number of aryl methyl sites for hydroxylation is 2. The summed E-state index contributed by atoms with van der Waals surface area (Å²) in [5, 5.41) is 9.06. The lowest BCUT2D eigenvalue weighted by atomic mass is 10.2. The summed E-state index contributed by atoms with van der Waals surface area (Å²) in [6, 6.07) is 4.04. The third-order valence-electron chi connectivity index (χ3n) is 2.70. The highest BCUT2D eigenvalue weighted by Crippen LogP contribution is 2.31. The Morgan fingerprint density at radius 2 is 2.06 bits per heavy atom. The maximum Gasteiger partial charge on any atom is 0.103 e. The van der Waals surface area contributed by atoms with Crippen LogP contribution in [0.4, 0.5) is 0 Å². The van der Waals surface area contributed by atoms with Crippen molar-refractivity contribution in [3.63, 3.8) is 0 Å². The predicted octanol–water partition coefficient (Wildman–Crippen LogP) is 2.38. The molecule has 2 rings (SSSR count). The molecule has 1 N–H and O–H groups in total. The van der Waals surface area contributed by atoms with Crippen LogP contribution in [-0.4, -0.2) is 21.3 Å². The van der Waals surface area contributed by atoms with E-state index in [9.17, 15) is 0 Å². The molecule has 0 fully saturated rings. The molecule has 0 radical (unpaired) electrons. The summed E-state index contributed by atoms with van der Waals surface area (Å²) in [4.78, 5) is 5.22. The smallest absolute Gasteiger partial charge is 0.103 e. The minimum Gasteiger partial charge on any atom is -0.313 e. The maximum absolute atomic E-state index is 4.50. The first-order chi connectivity index (χ1) is 8.72. The molecular formula is C13H18N4S. The van der Waals surface area contributed by atoms with Crippen molar-refractivity contribution >= 4 is 11.8 Å². The molecule has 0 unspecified atom stereocenters. The van der Waals surface area contributed by atoms with E-state index in [-0.39, 0.29) is 0 Å². The van der Waals surface area contributed by atoms with Gasteiger partial charge in [-0.1, -0.05) is 18.7 Å². The van der Waals surface area contributed by atoms with Crippen molar-refractivity contribution in [2.45, 2.75) is 30.3 Å². The molecule has 5 heteroatoms. The van der Waals surface area contributed by atoms with Gasteiger partial charge in [0, 0.05) is 36.4 Å². The summed E-state index contributed by atoms with van der Waals surface area (Å²) >= 11 is 1.73. The highest BCUT2D eigenvalue weighted by atomic mass is 32.2. The summed E-state index contributed by atoms with van der Waals surface area (Å²) in [7, 11) is 1.99. The molecule has 0 atom stereocenters. The Hall–Kier alpha value is -1.33. The molecule has 0 bridgehead atoms. The standard InChI is InChI=1S/C13H18N4S/c1-4-14-9-12-10(2)16-17(3)13(12)18-11-5-7-15-8-6-11/h5-8,14H,4,9H2,1-3H3. The fraction of sp³-hybridized carbons (Fsp3) is 0.385. The number of rotatable bonds is 5. The Balaban J connectivity index is 2.26. The van der Waals surface area contributed by atoms with Crippen LogP contribution < -0.4 is 5.32 Å². The third kappa shape index (κ3) is 2.91. The number of nitrogens with zero attached hydrogens (tertiary/aromatic N) is 3. The van der Waals surface area contributed by atoms with Crippen LogP contribution in [0.15, 0.2) is 34.4 Å². The molecule has 18 heavy (non-hydrogen) atoms. The van der Waals surface area contributed by atoms with Crippen LogP contribution in [0.5, 0.6) is 0 Å². The summed E-state index contributed by atoms with van der Waals surface area (Å²) in [6.07, 6.45) is 3.63. The lowest BCUT2D eigenvalue weighted by Gasteiger charge is -2.06. The molecule has 2 heterocycles. The highest BCUT2D eigenvalue weighted by molar-refractivity contribution is 7.99. The van der Waals surface area contributed by atoms with Gasteiger partial charge in [-0.15, -0.1) is 0 Å². The molecule has 4 nitrogen and oxygen atoms in total. The van der Waals surface area contributed by atoms with Crippen LogP contribution in [0.1, 0.15) is 18.2 Å². The molecular weight excluding hydrogens is 244 g/mol. The van der Waals surface area contributed by atoms with Gasteiger partial charge in [0.2, 0.25) is 0 Å². The van der Waals surface area contributed by atoms with Gasteiger partial charge in [0.05, 0.1) is 5.69 Å². The maximum atomic E-state index is 4.50. The molecule has 0 spiro atoms. The number of pyridine rings is 1. The highest BCUT2D eigenvalue weighted by Gasteiger charge is 2.13. The van der Waals surface area contributed by atoms with Gasteiger partial charge in [-0.25, -0.2) is 0 Å². The van der Waals surface area contributed by atoms with E-state index in [0.29, 0.717) is 0 Å². The first-order valence-electron chi connectivity index (χ1n) is 6.03. The minimum absolute atomic E-state index is 0.865. The summed E-state index contributed by atoms with van der Waals surface area (Å²) in [6.45, 7) is 6.00. The third-order valence-corrected chi connectivity index (χ3v) is 3.92. The van der Waals surface area contributed by atoms with E-state index in [0.717, 1.165) is 18.8 Å². The minimum atomic E-state index is 0.865. The molecule has 96 valence electrons. The number of hydrogen-bond acceptors (Lipinski definition) is 4. The van der Waals surface area contributed by atoms with Gasteiger partial charge in [0.1, 0.15) is 5.03 Å². The van der Waals surface area contributed by atoms with Crippen LogP contribution >= 0.6 is 11.8 Å². The van der Waals surface area contributed by atoms with Crippen LogP contribution in [0.3, 0.4) is 0 Å². The topological polar surface area (TPSA) is 42.7 Å². The van der Waals surface area contributed by atoms with Crippen LogP contribution in [0.25, 0.3) is 0 Å². The zero-order valence-electron chi connectivity index (χ0n) is 11.0. The Bertz CT molecular complexity index is 507. The second kappa shape index (κ2) is 6.02. The van der Waals surface area contributed by atoms with E-state index >= 15 is 0 Å². The molecule has 0 aliphatic heterocycles. The lowest BCUT2D eigenvalue weighted by Crippen LogP contribution is -2.12. The second-order valence-corrected chi connectivity index (χ2v) is 5.12. The Labute approximate surface area is 112 Å². The molecule has 2 aromatic rings. The van der Waals surface area contributed by atoms with Gasteiger partial charge in [-0.05, 0) is 25.6 Å². The molecule has 0 saturated heterocycles. The molecule has 0 amide bonds. The van der Waals surface area contributed by atoms with Crippen molar-refractivity contribution in [1.29, 1.82) is 0 Å². The van der Waals surface area contributed by atoms with Crippen LogP contribution in [0, 0.1) is 6.92 Å². The van der Waals surface area contributed by atoms with E-state index in [1.165, 1.54) is 15.5 Å². The SMILES string of the molecule is CCNCc1c(C)nn(C)c1Sc1ccncc1. The monoisotopic (exact) mass is 262 g/mol. The van der Waals surface area contributed by atoms with Gasteiger partial charge in [-0.3, -0.25) is 9.67 Å². The molecule has 0 aliphatic rings. The van der Waals surface area contributed by atoms with E-state index in [4.69, 9.17) is 0 Å². The average Bonchev–Trinajstić information content (AvgIpc) is 2.63. The normalized spacial score (nSPS) is 10.8. The predicted molar refractivity (Wildman–Crippen MR) is 73.7 cm³/mol. The fourth-order valence-electron chi connectivity index (χ4n) is 1.78. The molecule has 0 saturated carbocycles. The molecule has 0 aromatic carbocycles. The van der Waals surface area contributed by atoms with Crippen molar-refractivity contribution < 1.29 is 0 Å². The first kappa shape index (κ1) is 13.1. The number of aromatic nitrogens is 3. The summed E-state index contributed by atoms with van der Waals surface area (Å²) in [5.41, 5.74) is 2.37. The molecule has 0 aliphatic carbocycles. The van der Waals surface area contributed by atoms with E-state index in [2.05, 4.69) is 29.2 Å². The van der Waals surface area contributed by atoms with Crippen LogP contribution in [0.2, 0.25) is 0 Å². The number of nitrogens with one attached hydrogen (secondary N) is 1. The van der Waals surface area contributed by atoms with Gasteiger partial charge in [0.15, 0.2) is 0 Å². The van der Waals surface area contributed by atoms with Crippen molar-refractivity contribution in [2.24, 2.45) is 7.05 Å². The van der Waals surface area contributed by atoms with Crippen molar-refractivity contribution in [3.8, 4) is 0 Å². The fourth-order valence-corrected chi connectivity index (χ4v) is 2.78. The van der Waals surface area contributed by atoms with Gasteiger partial charge >= 0.3 is 0 Å². The summed E-state index contributed by atoms with van der Waals surface area (Å²) in [5.74, 6) is 0. The van der Waals surface area contributed by atoms with Gasteiger partial charge in [0.25, 0.3) is 0 Å². The zero-order valence-corrected chi connectivity index (χ0v) is 11.8. The van der Waals surface area contributed by atoms with Gasteiger partial charge in [-0.2, -0.15) is 5.10 Å². The number of hydrogen-bond donors (Lipinski definition) is 1. The van der Waals surface area contributed by atoms with Crippen molar-refractivity contribution in [3.05, 3.63) is 35.8 Å². The Kier molecular flexibility index (Phi) is 4.38. The summed E-state index contributed by atoms with van der Waals surface area (Å²) < 4.78 is 1.95. The lowest BCUT2D eigenvalue weighted by molar-refractivity contribution is 0.674. The van der Waals surface area contributed by atoms with Crippen molar-refractivity contribution in [2.75, 3.05) is 6.54 Å². The van der Waals surface area contributed by atoms with Crippen LogP contribution in [-0.2, 0) is 13.6 Å².